The van der Waals surface area contributed by atoms with Crippen molar-refractivity contribution in [2.45, 2.75) is 6.29 Å². The van der Waals surface area contributed by atoms with Gasteiger partial charge in [0.05, 0.1) is 0 Å². The van der Waals surface area contributed by atoms with E-state index in [1.54, 1.807) is 6.07 Å². The average molecular weight is 134 g/mol. The molecule has 0 aromatic heterocycles. The van der Waals surface area contributed by atoms with Crippen LogP contribution in [0.3, 0.4) is 0 Å². The first-order chi connectivity index (χ1) is 4.95. The largest absolute Gasteiger partial charge is 0.454 e. The highest BCUT2D eigenvalue weighted by Crippen LogP contribution is 2.15. The zero-order valence-electron chi connectivity index (χ0n) is 5.33. The van der Waals surface area contributed by atoms with Crippen LogP contribution in [-0.4, -0.2) is 12.9 Å². The van der Waals surface area contributed by atoms with Gasteiger partial charge >= 0.3 is 0 Å². The van der Waals surface area contributed by atoms with Crippen molar-refractivity contribution in [3.63, 3.8) is 0 Å². The molecule has 50 valence electrons. The van der Waals surface area contributed by atoms with E-state index in [1.165, 1.54) is 0 Å². The molecule has 0 bridgehead atoms. The number of hydrogen-bond acceptors (Lipinski definition) is 2. The minimum absolute atomic E-state index is 0.0351. The van der Waals surface area contributed by atoms with E-state index in [4.69, 9.17) is 9.47 Å². The maximum Gasteiger partial charge on any atom is 0.224 e. The average Bonchev–Trinajstić information content (AvgIpc) is 2.74. The maximum absolute atomic E-state index is 5.22. The Hall–Kier alpha value is -1.20. The summed E-state index contributed by atoms with van der Waals surface area (Å²) in [6.07, 6.45) is -0.0351. The Morgan fingerprint density at radius 2 is 2.60 bits per heavy atom. The van der Waals surface area contributed by atoms with Gasteiger partial charge in [0, 0.05) is 0 Å². The van der Waals surface area contributed by atoms with Gasteiger partial charge in [-0.15, -0.1) is 0 Å². The minimum atomic E-state index is -0.0351. The molecular weight excluding hydrogens is 128 g/mol. The molecule has 0 saturated carbocycles. The van der Waals surface area contributed by atoms with Gasteiger partial charge < -0.3 is 9.47 Å². The van der Waals surface area contributed by atoms with E-state index in [-0.39, 0.29) is 6.29 Å². The highest BCUT2D eigenvalue weighted by atomic mass is 16.8. The lowest BCUT2D eigenvalue weighted by atomic mass is 10.4. The minimum Gasteiger partial charge on any atom is -0.454 e. The molecule has 1 atom stereocenters. The van der Waals surface area contributed by atoms with Gasteiger partial charge in [0.15, 0.2) is 5.75 Å². The number of rotatable bonds is 2. The molecule has 2 nitrogen and oxygen atoms in total. The van der Waals surface area contributed by atoms with Crippen LogP contribution in [0.25, 0.3) is 0 Å². The summed E-state index contributed by atoms with van der Waals surface area (Å²) < 4.78 is 10.1. The van der Waals surface area contributed by atoms with Gasteiger partial charge in [-0.1, -0.05) is 6.07 Å². The van der Waals surface area contributed by atoms with Crippen LogP contribution in [0.15, 0.2) is 18.2 Å². The molecule has 1 aromatic carbocycles. The number of ether oxygens (including phenoxy) is 2. The Bertz CT molecular complexity index is 204. The van der Waals surface area contributed by atoms with Gasteiger partial charge in [0.1, 0.15) is 6.61 Å². The summed E-state index contributed by atoms with van der Waals surface area (Å²) in [5.74, 6) is 0.699. The lowest BCUT2D eigenvalue weighted by Gasteiger charge is -1.95. The summed E-state index contributed by atoms with van der Waals surface area (Å²) in [4.78, 5) is 0. The highest BCUT2D eigenvalue weighted by Gasteiger charge is 2.24. The Labute approximate surface area is 59.4 Å². The predicted octanol–water partition coefficient (Wildman–Crippen LogP) is 1.02. The van der Waals surface area contributed by atoms with Crippen molar-refractivity contribution < 1.29 is 9.47 Å². The fourth-order valence-electron chi connectivity index (χ4n) is 0.656. The monoisotopic (exact) mass is 134 g/mol. The third-order valence-corrected chi connectivity index (χ3v) is 1.18. The van der Waals surface area contributed by atoms with Gasteiger partial charge in [-0.2, -0.15) is 0 Å². The zero-order chi connectivity index (χ0) is 6.81. The molecular formula is C8H6O2. The molecule has 1 aromatic rings. The summed E-state index contributed by atoms with van der Waals surface area (Å²) >= 11 is 0. The van der Waals surface area contributed by atoms with Crippen molar-refractivity contribution in [1.82, 2.24) is 0 Å². The third kappa shape index (κ3) is 1.20. The van der Waals surface area contributed by atoms with E-state index in [2.05, 4.69) is 12.1 Å². The first kappa shape index (κ1) is 5.57. The lowest BCUT2D eigenvalue weighted by molar-refractivity contribution is 0.179. The normalized spacial score (nSPS) is 21.4. The first-order valence-corrected chi connectivity index (χ1v) is 3.12. The molecule has 2 heteroatoms. The Morgan fingerprint density at radius 1 is 1.70 bits per heavy atom. The molecule has 1 aliphatic heterocycles. The van der Waals surface area contributed by atoms with Crippen LogP contribution < -0.4 is 4.74 Å². The summed E-state index contributed by atoms with van der Waals surface area (Å²) in [5, 5.41) is 0. The fourth-order valence-corrected chi connectivity index (χ4v) is 0.656. The van der Waals surface area contributed by atoms with E-state index in [9.17, 15) is 0 Å². The van der Waals surface area contributed by atoms with Gasteiger partial charge in [-0.05, 0) is 24.3 Å². The zero-order valence-corrected chi connectivity index (χ0v) is 5.33. The molecule has 1 fully saturated rings. The Kier molecular flexibility index (Phi) is 1.23. The number of epoxide rings is 1. The second kappa shape index (κ2) is 2.20. The molecule has 1 unspecified atom stereocenters. The second-order valence-corrected chi connectivity index (χ2v) is 2.04. The van der Waals surface area contributed by atoms with Crippen molar-refractivity contribution >= 4 is 0 Å². The van der Waals surface area contributed by atoms with E-state index < -0.39 is 0 Å². The molecule has 1 heterocycles. The van der Waals surface area contributed by atoms with Crippen molar-refractivity contribution in [3.05, 3.63) is 30.3 Å². The topological polar surface area (TPSA) is 21.8 Å². The fraction of sp³-hybridized carbons (Fsp3) is 0.250. The van der Waals surface area contributed by atoms with Crippen molar-refractivity contribution in [2.24, 2.45) is 0 Å². The molecule has 0 radical (unpaired) electrons. The molecule has 2 rings (SSSR count). The smallest absolute Gasteiger partial charge is 0.224 e. The van der Waals surface area contributed by atoms with Gasteiger partial charge in [-0.25, -0.2) is 0 Å². The maximum atomic E-state index is 5.22. The van der Waals surface area contributed by atoms with Gasteiger partial charge in [-0.3, -0.25) is 0 Å². The Morgan fingerprint density at radius 3 is 3.20 bits per heavy atom. The molecule has 1 saturated heterocycles. The molecule has 10 heavy (non-hydrogen) atoms. The van der Waals surface area contributed by atoms with E-state index in [0.29, 0.717) is 12.4 Å². The molecule has 0 spiro atoms. The van der Waals surface area contributed by atoms with Crippen LogP contribution in [0.5, 0.6) is 5.75 Å². The quantitative estimate of drug-likeness (QED) is 0.563. The molecule has 0 aliphatic carbocycles. The molecule has 0 N–H and O–H groups in total. The van der Waals surface area contributed by atoms with Crippen molar-refractivity contribution in [2.75, 3.05) is 6.61 Å². The highest BCUT2D eigenvalue weighted by molar-refractivity contribution is 5.14. The summed E-state index contributed by atoms with van der Waals surface area (Å²) in [5.41, 5.74) is 0. The predicted molar refractivity (Wildman–Crippen MR) is 34.5 cm³/mol. The van der Waals surface area contributed by atoms with Crippen LogP contribution in [0.1, 0.15) is 0 Å². The molecule has 0 amide bonds. The van der Waals surface area contributed by atoms with E-state index in [0.717, 1.165) is 0 Å². The SMILES string of the molecule is c1cccc(OC2CO2)c#1. The standard InChI is InChI=1S/C8H6O2/c1-2-4-7(5-3-1)10-8-6-9-8/h1-2,4,8H,6H2. The van der Waals surface area contributed by atoms with Gasteiger partial charge in [0.2, 0.25) is 6.29 Å². The summed E-state index contributed by atoms with van der Waals surface area (Å²) in [6, 6.07) is 11.1. The van der Waals surface area contributed by atoms with Crippen molar-refractivity contribution in [1.29, 1.82) is 0 Å². The van der Waals surface area contributed by atoms with Crippen LogP contribution >= 0.6 is 0 Å². The first-order valence-electron chi connectivity index (χ1n) is 3.12. The Balaban J connectivity index is 2.03. The van der Waals surface area contributed by atoms with Crippen LogP contribution in [0.2, 0.25) is 0 Å². The van der Waals surface area contributed by atoms with Crippen LogP contribution in [0.4, 0.5) is 0 Å². The molecule has 1 aliphatic rings. The second-order valence-electron chi connectivity index (χ2n) is 2.04. The number of hydrogen-bond donors (Lipinski definition) is 0. The van der Waals surface area contributed by atoms with Gasteiger partial charge in [0.25, 0.3) is 0 Å². The third-order valence-electron chi connectivity index (χ3n) is 1.18. The van der Waals surface area contributed by atoms with Crippen LogP contribution in [0, 0.1) is 12.1 Å². The van der Waals surface area contributed by atoms with E-state index >= 15 is 0 Å². The van der Waals surface area contributed by atoms with Crippen molar-refractivity contribution in [3.8, 4) is 5.75 Å². The summed E-state index contributed by atoms with van der Waals surface area (Å²) in [6.45, 7) is 0.697. The lowest BCUT2D eigenvalue weighted by Crippen LogP contribution is -1.96. The summed E-state index contributed by atoms with van der Waals surface area (Å²) in [7, 11) is 0. The van der Waals surface area contributed by atoms with E-state index in [1.807, 2.05) is 12.1 Å². The van der Waals surface area contributed by atoms with Crippen LogP contribution in [-0.2, 0) is 4.74 Å².